The van der Waals surface area contributed by atoms with Gasteiger partial charge in [-0.2, -0.15) is 5.10 Å². The van der Waals surface area contributed by atoms with Gasteiger partial charge in [0.2, 0.25) is 11.8 Å². The normalized spacial score (nSPS) is 17.2. The van der Waals surface area contributed by atoms with Crippen molar-refractivity contribution in [2.24, 2.45) is 13.0 Å². The number of carbonyl (C=O) groups excluding carboxylic acids is 2. The number of aromatic nitrogens is 2. The Bertz CT molecular complexity index is 830. The van der Waals surface area contributed by atoms with E-state index in [-0.39, 0.29) is 18.2 Å². The Morgan fingerprint density at radius 1 is 1.44 bits per heavy atom. The van der Waals surface area contributed by atoms with Gasteiger partial charge >= 0.3 is 0 Å². The molecule has 25 heavy (non-hydrogen) atoms. The summed E-state index contributed by atoms with van der Waals surface area (Å²) in [4.78, 5) is 26.6. The van der Waals surface area contributed by atoms with Gasteiger partial charge in [-0.1, -0.05) is 24.6 Å². The lowest BCUT2D eigenvalue weighted by Gasteiger charge is -2.17. The summed E-state index contributed by atoms with van der Waals surface area (Å²) in [7, 11) is 1.81. The molecule has 1 atom stereocenters. The largest absolute Gasteiger partial charge is 0.312 e. The zero-order valence-corrected chi connectivity index (χ0v) is 15.3. The van der Waals surface area contributed by atoms with Crippen LogP contribution < -0.4 is 10.2 Å². The molecule has 1 aliphatic rings. The number of halogens is 1. The Morgan fingerprint density at radius 2 is 2.20 bits per heavy atom. The molecule has 6 nitrogen and oxygen atoms in total. The molecule has 2 aromatic rings. The second kappa shape index (κ2) is 6.88. The Labute approximate surface area is 151 Å². The van der Waals surface area contributed by atoms with Crippen LogP contribution in [-0.4, -0.2) is 28.1 Å². The lowest BCUT2D eigenvalue weighted by Crippen LogP contribution is -2.28. The molecule has 0 saturated carbocycles. The molecule has 7 heteroatoms. The number of hydrogen-bond acceptors (Lipinski definition) is 3. The van der Waals surface area contributed by atoms with Crippen LogP contribution in [-0.2, 0) is 23.1 Å². The third kappa shape index (κ3) is 3.39. The van der Waals surface area contributed by atoms with E-state index in [4.69, 9.17) is 11.6 Å². The second-order valence-corrected chi connectivity index (χ2v) is 6.70. The number of benzene rings is 1. The summed E-state index contributed by atoms with van der Waals surface area (Å²) in [6.45, 7) is 4.30. The van der Waals surface area contributed by atoms with E-state index in [9.17, 15) is 9.59 Å². The Hall–Kier alpha value is -2.34. The van der Waals surface area contributed by atoms with E-state index < -0.39 is 5.92 Å². The zero-order valence-electron chi connectivity index (χ0n) is 14.5. The average Bonchev–Trinajstić information content (AvgIpc) is 3.07. The minimum absolute atomic E-state index is 0.0701. The molecule has 1 aromatic carbocycles. The molecule has 0 bridgehead atoms. The van der Waals surface area contributed by atoms with Crippen LogP contribution in [0.25, 0.3) is 0 Å². The van der Waals surface area contributed by atoms with E-state index in [0.29, 0.717) is 17.4 Å². The molecule has 1 unspecified atom stereocenters. The van der Waals surface area contributed by atoms with Gasteiger partial charge in [0.05, 0.1) is 11.6 Å². The molecule has 1 saturated heterocycles. The molecule has 0 spiro atoms. The second-order valence-electron chi connectivity index (χ2n) is 6.26. The van der Waals surface area contributed by atoms with Crippen LogP contribution in [0.1, 0.15) is 24.6 Å². The summed E-state index contributed by atoms with van der Waals surface area (Å²) < 4.78 is 1.68. The topological polar surface area (TPSA) is 67.2 Å². The van der Waals surface area contributed by atoms with Gasteiger partial charge in [0, 0.05) is 36.3 Å². The van der Waals surface area contributed by atoms with E-state index >= 15 is 0 Å². The highest BCUT2D eigenvalue weighted by molar-refractivity contribution is 6.31. The first-order valence-corrected chi connectivity index (χ1v) is 8.67. The van der Waals surface area contributed by atoms with Crippen molar-refractivity contribution in [3.05, 3.63) is 40.5 Å². The van der Waals surface area contributed by atoms with Crippen molar-refractivity contribution in [1.82, 2.24) is 9.78 Å². The van der Waals surface area contributed by atoms with Gasteiger partial charge in [0.15, 0.2) is 0 Å². The number of carbonyl (C=O) groups is 2. The van der Waals surface area contributed by atoms with Gasteiger partial charge in [-0.25, -0.2) is 0 Å². The molecule has 2 amide bonds. The molecule has 1 aromatic heterocycles. The first-order valence-electron chi connectivity index (χ1n) is 8.30. The van der Waals surface area contributed by atoms with E-state index in [0.717, 1.165) is 23.4 Å². The maximum absolute atomic E-state index is 12.7. The number of nitrogens with one attached hydrogen (secondary N) is 1. The van der Waals surface area contributed by atoms with E-state index in [2.05, 4.69) is 10.4 Å². The number of rotatable bonds is 4. The first kappa shape index (κ1) is 17.5. The quantitative estimate of drug-likeness (QED) is 0.911. The molecule has 0 radical (unpaired) electrons. The molecule has 1 N–H and O–H groups in total. The molecule has 3 rings (SSSR count). The summed E-state index contributed by atoms with van der Waals surface area (Å²) >= 11 is 6.00. The maximum atomic E-state index is 12.7. The number of nitrogens with zero attached hydrogens (tertiary/aromatic N) is 3. The van der Waals surface area contributed by atoms with Crippen LogP contribution in [0.2, 0.25) is 5.02 Å². The fraction of sp³-hybridized carbons (Fsp3) is 0.389. The highest BCUT2D eigenvalue weighted by atomic mass is 35.5. The molecular weight excluding hydrogens is 340 g/mol. The fourth-order valence-corrected chi connectivity index (χ4v) is 3.46. The molecule has 132 valence electrons. The van der Waals surface area contributed by atoms with Crippen LogP contribution in [0.3, 0.4) is 0 Å². The van der Waals surface area contributed by atoms with Gasteiger partial charge in [-0.3, -0.25) is 14.3 Å². The van der Waals surface area contributed by atoms with Gasteiger partial charge in [-0.15, -0.1) is 0 Å². The highest BCUT2D eigenvalue weighted by Gasteiger charge is 2.35. The average molecular weight is 361 g/mol. The van der Waals surface area contributed by atoms with Crippen LogP contribution in [0.4, 0.5) is 11.5 Å². The molecule has 0 aliphatic carbocycles. The van der Waals surface area contributed by atoms with Crippen molar-refractivity contribution in [3.63, 3.8) is 0 Å². The van der Waals surface area contributed by atoms with Gasteiger partial charge in [0.1, 0.15) is 5.82 Å². The summed E-state index contributed by atoms with van der Waals surface area (Å²) in [5, 5.41) is 7.88. The van der Waals surface area contributed by atoms with Crippen LogP contribution in [0, 0.1) is 12.8 Å². The third-order valence-corrected chi connectivity index (χ3v) is 4.79. The van der Waals surface area contributed by atoms with E-state index in [1.807, 2.05) is 19.9 Å². The van der Waals surface area contributed by atoms with Gasteiger partial charge < -0.3 is 10.2 Å². The van der Waals surface area contributed by atoms with Gasteiger partial charge in [0.25, 0.3) is 0 Å². The van der Waals surface area contributed by atoms with Crippen molar-refractivity contribution in [2.45, 2.75) is 26.7 Å². The highest BCUT2D eigenvalue weighted by Crippen LogP contribution is 2.28. The fourth-order valence-electron chi connectivity index (χ4n) is 3.28. The number of aryl methyl sites for hydroxylation is 2. The van der Waals surface area contributed by atoms with Crippen molar-refractivity contribution < 1.29 is 9.59 Å². The van der Waals surface area contributed by atoms with Crippen molar-refractivity contribution in [2.75, 3.05) is 16.8 Å². The third-order valence-electron chi connectivity index (χ3n) is 4.56. The monoisotopic (exact) mass is 360 g/mol. The van der Waals surface area contributed by atoms with Gasteiger partial charge in [-0.05, 0) is 31.5 Å². The minimum atomic E-state index is -0.397. The predicted octanol–water partition coefficient (Wildman–Crippen LogP) is 2.94. The van der Waals surface area contributed by atoms with E-state index in [1.54, 1.807) is 34.8 Å². The number of anilines is 2. The molecular formula is C18H21ClN4O2. The maximum Gasteiger partial charge on any atom is 0.230 e. The smallest absolute Gasteiger partial charge is 0.230 e. The lowest BCUT2D eigenvalue weighted by molar-refractivity contribution is -0.122. The Morgan fingerprint density at radius 3 is 2.88 bits per heavy atom. The standard InChI is InChI=1S/C18H21ClN4O2/c1-4-15-11(2)21-22(3)17(15)20-18(25)12-8-16(24)23(10-12)14-7-5-6-13(19)9-14/h5-7,9,12H,4,8,10H2,1-3H3,(H,20,25). The SMILES string of the molecule is CCc1c(C)nn(C)c1NC(=O)C1CC(=O)N(c2cccc(Cl)c2)C1. The Kier molecular flexibility index (Phi) is 4.81. The summed E-state index contributed by atoms with van der Waals surface area (Å²) in [6.07, 6.45) is 0.976. The summed E-state index contributed by atoms with van der Waals surface area (Å²) in [5.74, 6) is 0.0833. The summed E-state index contributed by atoms with van der Waals surface area (Å²) in [6, 6.07) is 7.11. The molecule has 1 aliphatic heterocycles. The van der Waals surface area contributed by atoms with E-state index in [1.165, 1.54) is 0 Å². The minimum Gasteiger partial charge on any atom is -0.312 e. The summed E-state index contributed by atoms with van der Waals surface area (Å²) in [5.41, 5.74) is 2.65. The predicted molar refractivity (Wildman–Crippen MR) is 97.9 cm³/mol. The van der Waals surface area contributed by atoms with Crippen LogP contribution >= 0.6 is 11.6 Å². The lowest BCUT2D eigenvalue weighted by atomic mass is 10.1. The van der Waals surface area contributed by atoms with Crippen LogP contribution in [0.5, 0.6) is 0 Å². The Balaban J connectivity index is 1.75. The van der Waals surface area contributed by atoms with Crippen molar-refractivity contribution in [3.8, 4) is 0 Å². The molecule has 2 heterocycles. The van der Waals surface area contributed by atoms with Crippen molar-refractivity contribution in [1.29, 1.82) is 0 Å². The van der Waals surface area contributed by atoms with Crippen molar-refractivity contribution >= 4 is 34.9 Å². The number of amides is 2. The first-order chi connectivity index (χ1) is 11.9. The zero-order chi connectivity index (χ0) is 18.1. The molecule has 1 fully saturated rings. The number of hydrogen-bond donors (Lipinski definition) is 1. The van der Waals surface area contributed by atoms with Crippen LogP contribution in [0.15, 0.2) is 24.3 Å².